The molecule has 2 aromatic carbocycles. The molecule has 4 aromatic rings. The van der Waals surface area contributed by atoms with Crippen molar-refractivity contribution >= 4 is 23.4 Å². The smallest absolute Gasteiger partial charge is 0.167 e. The van der Waals surface area contributed by atoms with Gasteiger partial charge >= 0.3 is 0 Å². The van der Waals surface area contributed by atoms with Crippen molar-refractivity contribution in [1.29, 1.82) is 0 Å². The van der Waals surface area contributed by atoms with E-state index in [1.54, 1.807) is 42.7 Å². The summed E-state index contributed by atoms with van der Waals surface area (Å²) >= 11 is 0. The number of carbonyl (C=O) groups excluding carboxylic acids is 1. The molecule has 8 heteroatoms. The first-order chi connectivity index (χ1) is 16.5. The zero-order valence-electron chi connectivity index (χ0n) is 18.0. The summed E-state index contributed by atoms with van der Waals surface area (Å²) in [7, 11) is 0. The van der Waals surface area contributed by atoms with Gasteiger partial charge in [-0.15, -0.1) is 0 Å². The number of nitrogens with two attached hydrogens (primary N) is 1. The third kappa shape index (κ3) is 4.05. The fourth-order valence-corrected chi connectivity index (χ4v) is 4.01. The van der Waals surface area contributed by atoms with Crippen molar-refractivity contribution in [2.45, 2.75) is 19.3 Å². The Balaban J connectivity index is 1.49. The maximum absolute atomic E-state index is 15.4. The number of nitrogens with zero attached hydrogens (tertiary/aromatic N) is 4. The average molecular weight is 455 g/mol. The molecule has 2 aromatic heterocycles. The summed E-state index contributed by atoms with van der Waals surface area (Å²) < 4.78 is 30.2. The van der Waals surface area contributed by atoms with Crippen LogP contribution in [0.1, 0.15) is 32.9 Å². The van der Waals surface area contributed by atoms with Crippen LogP contribution in [-0.4, -0.2) is 26.9 Å². The number of pyridine rings is 1. The summed E-state index contributed by atoms with van der Waals surface area (Å²) in [5.74, 6) is -1.78. The highest BCUT2D eigenvalue weighted by molar-refractivity contribution is 5.98. The number of hydrogen-bond acceptors (Lipinski definition) is 6. The molecule has 2 N–H and O–H groups in total. The molecule has 0 fully saturated rings. The van der Waals surface area contributed by atoms with Crippen molar-refractivity contribution in [3.63, 3.8) is 0 Å². The van der Waals surface area contributed by atoms with Crippen LogP contribution in [0.5, 0.6) is 0 Å². The Morgan fingerprint density at radius 2 is 1.91 bits per heavy atom. The molecule has 34 heavy (non-hydrogen) atoms. The Morgan fingerprint density at radius 3 is 2.76 bits per heavy atom. The van der Waals surface area contributed by atoms with Crippen molar-refractivity contribution in [3.8, 4) is 11.3 Å². The van der Waals surface area contributed by atoms with Crippen LogP contribution in [0.3, 0.4) is 0 Å². The van der Waals surface area contributed by atoms with Gasteiger partial charge in [0.2, 0.25) is 0 Å². The predicted octanol–water partition coefficient (Wildman–Crippen LogP) is 4.67. The Labute approximate surface area is 194 Å². The number of halogens is 2. The lowest BCUT2D eigenvalue weighted by atomic mass is 9.96. The van der Waals surface area contributed by atoms with Crippen LogP contribution in [-0.2, 0) is 19.3 Å². The molecule has 5 rings (SSSR count). The van der Waals surface area contributed by atoms with Crippen molar-refractivity contribution < 1.29 is 13.6 Å². The van der Waals surface area contributed by atoms with E-state index in [9.17, 15) is 9.18 Å². The molecule has 0 amide bonds. The van der Waals surface area contributed by atoms with E-state index in [4.69, 9.17) is 5.73 Å². The zero-order valence-corrected chi connectivity index (χ0v) is 18.0. The Bertz CT molecular complexity index is 1450. The van der Waals surface area contributed by atoms with Crippen LogP contribution >= 0.6 is 0 Å². The van der Waals surface area contributed by atoms with Crippen LogP contribution in [0.25, 0.3) is 11.3 Å². The number of ketones is 1. The highest BCUT2D eigenvalue weighted by atomic mass is 19.1. The minimum Gasteiger partial charge on any atom is -0.399 e. The molecule has 0 aliphatic carbocycles. The normalized spacial score (nSPS) is 12.1. The van der Waals surface area contributed by atoms with Gasteiger partial charge < -0.3 is 5.73 Å². The maximum Gasteiger partial charge on any atom is 0.167 e. The largest absolute Gasteiger partial charge is 0.399 e. The van der Waals surface area contributed by atoms with E-state index in [1.807, 2.05) is 0 Å². The summed E-state index contributed by atoms with van der Waals surface area (Å²) in [6, 6.07) is 12.5. The Morgan fingerprint density at radius 1 is 1.03 bits per heavy atom. The fraction of sp³-hybridized carbons (Fsp3) is 0.115. The van der Waals surface area contributed by atoms with Gasteiger partial charge in [-0.25, -0.2) is 18.7 Å². The van der Waals surface area contributed by atoms with Crippen LogP contribution in [0.4, 0.5) is 20.2 Å². The molecule has 0 spiro atoms. The molecule has 3 heterocycles. The standard InChI is InChI=1S/C26H19F2N5O/c27-20-7-6-16(12-23(34)15-3-1-4-17(29)11-15)24(28)19(20)13-22-18(5-2-9-30-22)25-26-21(8-10-31-26)32-14-33-25/h1-7,9-11,14H,8,12-13,29H2. The predicted molar refractivity (Wildman–Crippen MR) is 125 cm³/mol. The Kier molecular flexibility index (Phi) is 5.63. The summed E-state index contributed by atoms with van der Waals surface area (Å²) in [4.78, 5) is 30.0. The lowest BCUT2D eigenvalue weighted by molar-refractivity contribution is 0.0991. The highest BCUT2D eigenvalue weighted by Gasteiger charge is 2.22. The third-order valence-corrected chi connectivity index (χ3v) is 5.72. The first kappa shape index (κ1) is 21.5. The molecule has 0 bridgehead atoms. The van der Waals surface area contributed by atoms with Gasteiger partial charge in [-0.3, -0.25) is 14.8 Å². The van der Waals surface area contributed by atoms with Crippen molar-refractivity contribution in [3.05, 3.63) is 101 Å². The molecular formula is C26H19F2N5O. The molecule has 6 nitrogen and oxygen atoms in total. The monoisotopic (exact) mass is 455 g/mol. The fourth-order valence-electron chi connectivity index (χ4n) is 4.01. The third-order valence-electron chi connectivity index (χ3n) is 5.72. The Hall–Kier alpha value is -4.33. The van der Waals surface area contributed by atoms with Gasteiger partial charge in [0.05, 0.1) is 11.4 Å². The highest BCUT2D eigenvalue weighted by Crippen LogP contribution is 2.35. The number of Topliss-reactive ketones (excluding diaryl/α,β-unsaturated/α-hetero) is 1. The SMILES string of the molecule is Nc1cccc(C(=O)Cc2ccc(F)c(Cc3ncccc3-c3ncnc4c3N=CC4)c2F)c1. The molecule has 0 saturated carbocycles. The van der Waals surface area contributed by atoms with Crippen molar-refractivity contribution in [2.75, 3.05) is 5.73 Å². The van der Waals surface area contributed by atoms with E-state index in [-0.39, 0.29) is 29.8 Å². The molecule has 0 unspecified atom stereocenters. The van der Waals surface area contributed by atoms with Gasteiger partial charge in [-0.05, 0) is 35.9 Å². The van der Waals surface area contributed by atoms with Gasteiger partial charge in [0.25, 0.3) is 0 Å². The van der Waals surface area contributed by atoms with E-state index in [0.717, 1.165) is 5.69 Å². The van der Waals surface area contributed by atoms with Crippen LogP contribution < -0.4 is 5.73 Å². The number of carbonyl (C=O) groups is 1. The molecule has 0 saturated heterocycles. The summed E-state index contributed by atoms with van der Waals surface area (Å²) in [5.41, 5.74) is 9.57. The molecule has 1 aliphatic heterocycles. The van der Waals surface area contributed by atoms with Crippen molar-refractivity contribution in [1.82, 2.24) is 15.0 Å². The van der Waals surface area contributed by atoms with Crippen molar-refractivity contribution in [2.24, 2.45) is 4.99 Å². The van der Waals surface area contributed by atoms with Gasteiger partial charge in [0, 0.05) is 54.1 Å². The van der Waals surface area contributed by atoms with E-state index in [1.165, 1.54) is 24.5 Å². The second kappa shape index (κ2) is 8.90. The number of nitrogen functional groups attached to an aromatic ring is 1. The molecule has 1 aliphatic rings. The lowest BCUT2D eigenvalue weighted by Crippen LogP contribution is -2.09. The topological polar surface area (TPSA) is 94.1 Å². The minimum absolute atomic E-state index is 0.105. The molecule has 0 radical (unpaired) electrons. The molecular weight excluding hydrogens is 436 g/mol. The first-order valence-corrected chi connectivity index (χ1v) is 10.7. The minimum atomic E-state index is -0.764. The van der Waals surface area contributed by atoms with E-state index < -0.39 is 11.6 Å². The molecule has 0 atom stereocenters. The van der Waals surface area contributed by atoms with Crippen LogP contribution in [0, 0.1) is 11.6 Å². The number of rotatable bonds is 6. The number of hydrogen-bond donors (Lipinski definition) is 1. The molecule has 168 valence electrons. The van der Waals surface area contributed by atoms with E-state index >= 15 is 4.39 Å². The lowest BCUT2D eigenvalue weighted by Gasteiger charge is -2.13. The van der Waals surface area contributed by atoms with Crippen LogP contribution in [0.15, 0.2) is 66.0 Å². The number of fused-ring (bicyclic) bond motifs is 1. The maximum atomic E-state index is 15.4. The van der Waals surface area contributed by atoms with Gasteiger partial charge in [0.1, 0.15) is 29.3 Å². The summed E-state index contributed by atoms with van der Waals surface area (Å²) in [5, 5.41) is 0. The zero-order chi connectivity index (χ0) is 23.7. The van der Waals surface area contributed by atoms with E-state index in [0.29, 0.717) is 40.3 Å². The number of aromatic nitrogens is 3. The van der Waals surface area contributed by atoms with Crippen LogP contribution in [0.2, 0.25) is 0 Å². The second-order valence-corrected chi connectivity index (χ2v) is 7.93. The van der Waals surface area contributed by atoms with E-state index in [2.05, 4.69) is 19.9 Å². The average Bonchev–Trinajstić information content (AvgIpc) is 3.33. The second-order valence-electron chi connectivity index (χ2n) is 7.93. The quantitative estimate of drug-likeness (QED) is 0.337. The summed E-state index contributed by atoms with van der Waals surface area (Å²) in [6.07, 6.45) is 5.03. The number of benzene rings is 2. The summed E-state index contributed by atoms with van der Waals surface area (Å²) in [6.45, 7) is 0. The van der Waals surface area contributed by atoms with Gasteiger partial charge in [-0.1, -0.05) is 18.2 Å². The number of aliphatic imine (C=N–C) groups is 1. The van der Waals surface area contributed by atoms with Gasteiger partial charge in [0.15, 0.2) is 5.78 Å². The van der Waals surface area contributed by atoms with Gasteiger partial charge in [-0.2, -0.15) is 0 Å². The first-order valence-electron chi connectivity index (χ1n) is 10.7. The number of anilines is 1.